The number of amides is 1. The van der Waals surface area contributed by atoms with Gasteiger partial charge >= 0.3 is 0 Å². The molecule has 1 aromatic rings. The Morgan fingerprint density at radius 2 is 2.17 bits per heavy atom. The van der Waals surface area contributed by atoms with Crippen LogP contribution in [0, 0.1) is 5.92 Å². The van der Waals surface area contributed by atoms with Crippen LogP contribution in [0.3, 0.4) is 0 Å². The van der Waals surface area contributed by atoms with E-state index in [-0.39, 0.29) is 5.91 Å². The van der Waals surface area contributed by atoms with Crippen molar-refractivity contribution in [2.75, 3.05) is 19.5 Å². The van der Waals surface area contributed by atoms with Gasteiger partial charge in [0, 0.05) is 13.2 Å². The van der Waals surface area contributed by atoms with E-state index in [4.69, 9.17) is 9.47 Å². The van der Waals surface area contributed by atoms with Crippen molar-refractivity contribution >= 4 is 11.6 Å². The van der Waals surface area contributed by atoms with Gasteiger partial charge in [0.15, 0.2) is 0 Å². The number of hydrogen-bond acceptors (Lipinski definition) is 4. The molecule has 0 bridgehead atoms. The van der Waals surface area contributed by atoms with Crippen LogP contribution in [-0.4, -0.2) is 30.7 Å². The van der Waals surface area contributed by atoms with Crippen LogP contribution in [0.2, 0.25) is 0 Å². The Morgan fingerprint density at radius 3 is 2.61 bits per heavy atom. The number of nitrogens with one attached hydrogen (secondary N) is 1. The Kier molecular flexibility index (Phi) is 3.52. The zero-order valence-electron chi connectivity index (χ0n) is 10.9. The van der Waals surface area contributed by atoms with Gasteiger partial charge in [-0.3, -0.25) is 4.79 Å². The summed E-state index contributed by atoms with van der Waals surface area (Å²) in [6.07, 6.45) is 3.65. The topological polar surface area (TPSA) is 60.5 Å². The fraction of sp³-hybridized carbons (Fsp3) is 0.538. The average Bonchev–Trinajstić information content (AvgIpc) is 3.23. The maximum atomic E-state index is 12.2. The lowest BCUT2D eigenvalue weighted by molar-refractivity contribution is -0.138. The van der Waals surface area contributed by atoms with E-state index >= 15 is 0 Å². The second-order valence-corrected chi connectivity index (χ2v) is 4.63. The number of carbonyl (C=O) groups is 1. The summed E-state index contributed by atoms with van der Waals surface area (Å²) >= 11 is 0. The third kappa shape index (κ3) is 2.46. The summed E-state index contributed by atoms with van der Waals surface area (Å²) in [7, 11) is 3.12. The smallest absolute Gasteiger partial charge is 0.256 e. The van der Waals surface area contributed by atoms with Gasteiger partial charge in [0.25, 0.3) is 5.91 Å². The van der Waals surface area contributed by atoms with Crippen molar-refractivity contribution in [2.45, 2.75) is 25.4 Å². The highest BCUT2D eigenvalue weighted by Crippen LogP contribution is 2.42. The molecule has 98 valence electrons. The molecule has 0 radical (unpaired) electrons. The lowest BCUT2D eigenvalue weighted by Crippen LogP contribution is -2.44. The van der Waals surface area contributed by atoms with Crippen molar-refractivity contribution in [3.05, 3.63) is 18.3 Å². The van der Waals surface area contributed by atoms with E-state index in [0.717, 1.165) is 12.8 Å². The molecule has 5 heteroatoms. The Balaban J connectivity index is 2.05. The molecular weight excluding hydrogens is 232 g/mol. The number of methoxy groups -OCH3 is 2. The summed E-state index contributed by atoms with van der Waals surface area (Å²) in [5.41, 5.74) is -0.107. The quantitative estimate of drug-likeness (QED) is 0.866. The molecule has 0 spiro atoms. The maximum absolute atomic E-state index is 12.2. The van der Waals surface area contributed by atoms with Gasteiger partial charge in [0.2, 0.25) is 5.88 Å². The van der Waals surface area contributed by atoms with Crippen LogP contribution < -0.4 is 10.1 Å². The van der Waals surface area contributed by atoms with E-state index in [1.54, 1.807) is 32.5 Å². The number of carbonyl (C=O) groups excluding carboxylic acids is 1. The zero-order valence-corrected chi connectivity index (χ0v) is 10.9. The van der Waals surface area contributed by atoms with Crippen molar-refractivity contribution in [1.82, 2.24) is 4.98 Å². The van der Waals surface area contributed by atoms with Gasteiger partial charge in [-0.25, -0.2) is 4.98 Å². The van der Waals surface area contributed by atoms with Crippen LogP contribution in [-0.2, 0) is 9.53 Å². The minimum absolute atomic E-state index is 0.125. The van der Waals surface area contributed by atoms with Gasteiger partial charge in [-0.15, -0.1) is 0 Å². The van der Waals surface area contributed by atoms with Crippen molar-refractivity contribution in [3.8, 4) is 5.88 Å². The second kappa shape index (κ2) is 4.94. The molecule has 1 N–H and O–H groups in total. The Morgan fingerprint density at radius 1 is 1.44 bits per heavy atom. The number of aromatic nitrogens is 1. The number of hydrogen-bond donors (Lipinski definition) is 1. The summed E-state index contributed by atoms with van der Waals surface area (Å²) in [5, 5.41) is 2.82. The van der Waals surface area contributed by atoms with Gasteiger partial charge in [-0.2, -0.15) is 0 Å². The van der Waals surface area contributed by atoms with Crippen LogP contribution in [0.15, 0.2) is 18.3 Å². The third-order valence-electron chi connectivity index (χ3n) is 3.43. The minimum atomic E-state index is -0.750. The molecule has 1 aliphatic rings. The molecule has 0 aromatic carbocycles. The highest BCUT2D eigenvalue weighted by Gasteiger charge is 2.47. The maximum Gasteiger partial charge on any atom is 0.256 e. The number of rotatable bonds is 5. The molecule has 1 atom stereocenters. The molecule has 1 aromatic heterocycles. The third-order valence-corrected chi connectivity index (χ3v) is 3.43. The van der Waals surface area contributed by atoms with Crippen molar-refractivity contribution < 1.29 is 14.3 Å². The highest BCUT2D eigenvalue weighted by atomic mass is 16.5. The molecule has 18 heavy (non-hydrogen) atoms. The summed E-state index contributed by atoms with van der Waals surface area (Å²) in [5.74, 6) is 0.706. The van der Waals surface area contributed by atoms with E-state index < -0.39 is 5.60 Å². The molecule has 1 aliphatic carbocycles. The van der Waals surface area contributed by atoms with Gasteiger partial charge in [-0.1, -0.05) is 0 Å². The molecular formula is C13H18N2O3. The molecule has 1 saturated carbocycles. The number of nitrogens with zero attached hydrogens (tertiary/aromatic N) is 1. The summed E-state index contributed by atoms with van der Waals surface area (Å²) in [6, 6.07) is 3.46. The van der Waals surface area contributed by atoms with Gasteiger partial charge in [0.05, 0.1) is 19.0 Å². The molecule has 0 unspecified atom stereocenters. The summed E-state index contributed by atoms with van der Waals surface area (Å²) in [4.78, 5) is 16.2. The van der Waals surface area contributed by atoms with Crippen molar-refractivity contribution in [1.29, 1.82) is 0 Å². The van der Waals surface area contributed by atoms with Crippen LogP contribution in [0.25, 0.3) is 0 Å². The molecule has 1 fully saturated rings. The molecule has 2 rings (SSSR count). The number of anilines is 1. The zero-order chi connectivity index (χ0) is 13.2. The van der Waals surface area contributed by atoms with Gasteiger partial charge < -0.3 is 14.8 Å². The first kappa shape index (κ1) is 12.8. The van der Waals surface area contributed by atoms with Gasteiger partial charge in [0.1, 0.15) is 5.60 Å². The fourth-order valence-electron chi connectivity index (χ4n) is 1.91. The van der Waals surface area contributed by atoms with Gasteiger partial charge in [-0.05, 0) is 31.7 Å². The van der Waals surface area contributed by atoms with Crippen LogP contribution in [0.4, 0.5) is 5.69 Å². The first-order valence-electron chi connectivity index (χ1n) is 5.97. The molecule has 1 amide bonds. The number of pyridine rings is 1. The molecule has 0 saturated heterocycles. The van der Waals surface area contributed by atoms with E-state index in [9.17, 15) is 4.79 Å². The van der Waals surface area contributed by atoms with Crippen molar-refractivity contribution in [3.63, 3.8) is 0 Å². The highest BCUT2D eigenvalue weighted by molar-refractivity contribution is 5.97. The number of ether oxygens (including phenoxy) is 2. The normalized spacial score (nSPS) is 17.9. The van der Waals surface area contributed by atoms with Crippen LogP contribution >= 0.6 is 0 Å². The van der Waals surface area contributed by atoms with E-state index in [0.29, 0.717) is 17.5 Å². The Bertz CT molecular complexity index is 428. The summed E-state index contributed by atoms with van der Waals surface area (Å²) in [6.45, 7) is 1.83. The van der Waals surface area contributed by atoms with E-state index in [2.05, 4.69) is 10.3 Å². The van der Waals surface area contributed by atoms with E-state index in [1.165, 1.54) is 0 Å². The molecule has 5 nitrogen and oxygen atoms in total. The molecule has 0 aliphatic heterocycles. The van der Waals surface area contributed by atoms with Crippen LogP contribution in [0.1, 0.15) is 19.8 Å². The first-order valence-corrected chi connectivity index (χ1v) is 5.97. The SMILES string of the molecule is COc1ccc(NC(=O)[C@@](C)(OC)C2CC2)cn1. The first-order chi connectivity index (χ1) is 8.60. The average molecular weight is 250 g/mol. The monoisotopic (exact) mass is 250 g/mol. The predicted octanol–water partition coefficient (Wildman–Crippen LogP) is 1.84. The lowest BCUT2D eigenvalue weighted by Gasteiger charge is -2.26. The summed E-state index contributed by atoms with van der Waals surface area (Å²) < 4.78 is 10.3. The lowest BCUT2D eigenvalue weighted by atomic mass is 9.99. The Hall–Kier alpha value is -1.62. The minimum Gasteiger partial charge on any atom is -0.481 e. The van der Waals surface area contributed by atoms with E-state index in [1.807, 2.05) is 6.92 Å². The van der Waals surface area contributed by atoms with Crippen LogP contribution in [0.5, 0.6) is 5.88 Å². The molecule has 1 heterocycles. The predicted molar refractivity (Wildman–Crippen MR) is 67.6 cm³/mol. The second-order valence-electron chi connectivity index (χ2n) is 4.63. The fourth-order valence-corrected chi connectivity index (χ4v) is 1.91. The standard InChI is InChI=1S/C13H18N2O3/c1-13(18-3,9-4-5-9)12(16)15-10-6-7-11(17-2)14-8-10/h6-9H,4-5H2,1-3H3,(H,15,16)/t13-/m0/s1. The Labute approximate surface area is 107 Å². The largest absolute Gasteiger partial charge is 0.481 e. The van der Waals surface area contributed by atoms with Crippen molar-refractivity contribution in [2.24, 2.45) is 5.92 Å².